The van der Waals surface area contributed by atoms with Crippen LogP contribution in [0.15, 0.2) is 24.3 Å². The summed E-state index contributed by atoms with van der Waals surface area (Å²) in [5.41, 5.74) is 5.43. The number of hydrogen-bond donors (Lipinski definition) is 1. The first-order valence-corrected chi connectivity index (χ1v) is 6.09. The Bertz CT molecular complexity index is 548. The van der Waals surface area contributed by atoms with Crippen molar-refractivity contribution >= 4 is 28.8 Å². The zero-order valence-corrected chi connectivity index (χ0v) is 11.0. The van der Waals surface area contributed by atoms with Crippen molar-refractivity contribution in [1.29, 1.82) is 0 Å². The van der Waals surface area contributed by atoms with E-state index in [0.29, 0.717) is 5.75 Å². The fourth-order valence-corrected chi connectivity index (χ4v) is 2.10. The molecule has 0 radical (unpaired) electrons. The molecule has 0 bridgehead atoms. The van der Waals surface area contributed by atoms with Gasteiger partial charge in [0.1, 0.15) is 11.7 Å². The lowest BCUT2D eigenvalue weighted by Crippen LogP contribution is -2.48. The molecule has 2 N–H and O–H groups in total. The molecule has 1 aromatic rings. The van der Waals surface area contributed by atoms with E-state index in [1.807, 2.05) is 0 Å². The molecular weight excluding hydrogens is 293 g/mol. The first kappa shape index (κ1) is 14.6. The van der Waals surface area contributed by atoms with Gasteiger partial charge < -0.3 is 15.4 Å². The van der Waals surface area contributed by atoms with Gasteiger partial charge in [0.15, 0.2) is 6.61 Å². The van der Waals surface area contributed by atoms with Crippen LogP contribution >= 0.6 is 12.2 Å². The van der Waals surface area contributed by atoms with E-state index in [1.165, 1.54) is 6.07 Å². The number of thiocarbonyl (C=S) groups is 1. The molecule has 1 amide bonds. The molecule has 4 nitrogen and oxygen atoms in total. The number of halogens is 3. The molecule has 0 fully saturated rings. The lowest BCUT2D eigenvalue weighted by Gasteiger charge is -2.32. The number of fused-ring (bicyclic) bond motifs is 1. The average Bonchev–Trinajstić information content (AvgIpc) is 2.35. The summed E-state index contributed by atoms with van der Waals surface area (Å²) in [5, 5.41) is 0. The van der Waals surface area contributed by atoms with Gasteiger partial charge in [0.05, 0.1) is 10.7 Å². The van der Waals surface area contributed by atoms with Gasteiger partial charge >= 0.3 is 6.18 Å². The number of carbonyl (C=O) groups is 1. The van der Waals surface area contributed by atoms with Crippen LogP contribution < -0.4 is 15.4 Å². The highest BCUT2D eigenvalue weighted by Crippen LogP contribution is 2.34. The van der Waals surface area contributed by atoms with Gasteiger partial charge in [0.2, 0.25) is 0 Å². The van der Waals surface area contributed by atoms with Crippen LogP contribution in [0.2, 0.25) is 0 Å². The van der Waals surface area contributed by atoms with Crippen LogP contribution in [0.4, 0.5) is 18.9 Å². The van der Waals surface area contributed by atoms with Gasteiger partial charge in [-0.05, 0) is 12.1 Å². The van der Waals surface area contributed by atoms with E-state index in [0.717, 1.165) is 4.90 Å². The molecule has 1 atom stereocenters. The monoisotopic (exact) mass is 304 g/mol. The Morgan fingerprint density at radius 2 is 2.10 bits per heavy atom. The van der Waals surface area contributed by atoms with Gasteiger partial charge in [-0.25, -0.2) is 0 Å². The third-order valence-electron chi connectivity index (χ3n) is 2.91. The van der Waals surface area contributed by atoms with E-state index in [-0.39, 0.29) is 12.3 Å². The molecule has 0 spiro atoms. The summed E-state index contributed by atoms with van der Waals surface area (Å²) in [7, 11) is 0. The average molecular weight is 304 g/mol. The predicted molar refractivity (Wildman–Crippen MR) is 70.6 cm³/mol. The maximum atomic E-state index is 12.9. The van der Waals surface area contributed by atoms with E-state index < -0.39 is 29.5 Å². The van der Waals surface area contributed by atoms with Gasteiger partial charge in [-0.15, -0.1) is 0 Å². The lowest BCUT2D eigenvalue weighted by atomic mass is 10.1. The van der Waals surface area contributed by atoms with Gasteiger partial charge in [-0.2, -0.15) is 13.2 Å². The van der Waals surface area contributed by atoms with E-state index in [4.69, 9.17) is 10.5 Å². The number of carbonyl (C=O) groups excluding carboxylic acids is 1. The third kappa shape index (κ3) is 2.84. The standard InChI is InChI=1S/C12H11F3N2O2S/c13-12(14,15)7(11(16)20)5-17-8-3-1-2-4-9(8)19-6-10(17)18/h1-4,7H,5-6H2,(H2,16,20). The lowest BCUT2D eigenvalue weighted by molar-refractivity contribution is -0.153. The first-order chi connectivity index (χ1) is 9.30. The summed E-state index contributed by atoms with van der Waals surface area (Å²) in [6.07, 6.45) is -4.60. The normalized spacial score (nSPS) is 16.4. The van der Waals surface area contributed by atoms with Gasteiger partial charge in [-0.1, -0.05) is 24.4 Å². The molecule has 20 heavy (non-hydrogen) atoms. The van der Waals surface area contributed by atoms with E-state index in [1.54, 1.807) is 18.2 Å². The Morgan fingerprint density at radius 1 is 1.45 bits per heavy atom. The summed E-state index contributed by atoms with van der Waals surface area (Å²) in [5.74, 6) is -2.25. The Labute approximate surface area is 118 Å². The fourth-order valence-electron chi connectivity index (χ4n) is 1.89. The largest absolute Gasteiger partial charge is 0.482 e. The Morgan fingerprint density at radius 3 is 2.70 bits per heavy atom. The van der Waals surface area contributed by atoms with Crippen molar-refractivity contribution in [2.24, 2.45) is 11.7 Å². The molecule has 1 aliphatic heterocycles. The Kier molecular flexibility index (Phi) is 3.85. The SMILES string of the molecule is NC(=S)C(CN1C(=O)COc2ccccc21)C(F)(F)F. The number of hydrogen-bond acceptors (Lipinski definition) is 3. The minimum atomic E-state index is -4.60. The topological polar surface area (TPSA) is 55.6 Å². The fraction of sp³-hybridized carbons (Fsp3) is 0.333. The maximum Gasteiger partial charge on any atom is 0.399 e. The summed E-state index contributed by atoms with van der Waals surface area (Å²) < 4.78 is 43.8. The predicted octanol–water partition coefficient (Wildman–Crippen LogP) is 1.88. The van der Waals surface area contributed by atoms with Gasteiger partial charge in [-0.3, -0.25) is 4.79 Å². The Balaban J connectivity index is 2.32. The van der Waals surface area contributed by atoms with Crippen molar-refractivity contribution < 1.29 is 22.7 Å². The van der Waals surface area contributed by atoms with Crippen molar-refractivity contribution in [1.82, 2.24) is 0 Å². The smallest absolute Gasteiger partial charge is 0.399 e. The minimum Gasteiger partial charge on any atom is -0.482 e. The molecule has 2 rings (SSSR count). The molecule has 0 aliphatic carbocycles. The van der Waals surface area contributed by atoms with Crippen LogP contribution in [0.25, 0.3) is 0 Å². The van der Waals surface area contributed by atoms with Crippen molar-refractivity contribution in [3.8, 4) is 5.75 Å². The molecule has 8 heteroatoms. The second-order valence-corrected chi connectivity index (χ2v) is 4.73. The number of alkyl halides is 3. The molecule has 1 aliphatic rings. The quantitative estimate of drug-likeness (QED) is 0.866. The highest BCUT2D eigenvalue weighted by Gasteiger charge is 2.44. The van der Waals surface area contributed by atoms with Crippen LogP contribution in [-0.4, -0.2) is 30.2 Å². The third-order valence-corrected chi connectivity index (χ3v) is 3.20. The molecule has 1 aromatic carbocycles. The molecule has 1 unspecified atom stereocenters. The second kappa shape index (κ2) is 5.28. The summed E-state index contributed by atoms with van der Waals surface area (Å²) in [6, 6.07) is 6.37. The van der Waals surface area contributed by atoms with Crippen LogP contribution in [0, 0.1) is 5.92 Å². The zero-order valence-electron chi connectivity index (χ0n) is 10.2. The molecule has 0 saturated heterocycles. The second-order valence-electron chi connectivity index (χ2n) is 4.26. The summed E-state index contributed by atoms with van der Waals surface area (Å²) in [4.78, 5) is 12.1. The van der Waals surface area contributed by atoms with Crippen molar-refractivity contribution in [2.45, 2.75) is 6.18 Å². The number of ether oxygens (including phenoxy) is 1. The van der Waals surface area contributed by atoms with Gasteiger partial charge in [0.25, 0.3) is 5.91 Å². The van der Waals surface area contributed by atoms with Crippen LogP contribution in [0.5, 0.6) is 5.75 Å². The maximum absolute atomic E-state index is 12.9. The Hall–Kier alpha value is -1.83. The van der Waals surface area contributed by atoms with Gasteiger partial charge in [0, 0.05) is 6.54 Å². The number of para-hydroxylation sites is 2. The highest BCUT2D eigenvalue weighted by molar-refractivity contribution is 7.80. The number of benzene rings is 1. The van der Waals surface area contributed by atoms with Crippen molar-refractivity contribution in [2.75, 3.05) is 18.1 Å². The number of rotatable bonds is 3. The number of nitrogens with two attached hydrogens (primary N) is 1. The summed E-state index contributed by atoms with van der Waals surface area (Å²) in [6.45, 7) is -0.947. The highest BCUT2D eigenvalue weighted by atomic mass is 32.1. The van der Waals surface area contributed by atoms with E-state index >= 15 is 0 Å². The van der Waals surface area contributed by atoms with Crippen molar-refractivity contribution in [3.05, 3.63) is 24.3 Å². The van der Waals surface area contributed by atoms with Crippen LogP contribution in [-0.2, 0) is 4.79 Å². The molecular formula is C12H11F3N2O2S. The van der Waals surface area contributed by atoms with Crippen LogP contribution in [0.1, 0.15) is 0 Å². The molecule has 108 valence electrons. The summed E-state index contributed by atoms with van der Waals surface area (Å²) >= 11 is 4.46. The zero-order chi connectivity index (χ0) is 14.9. The number of nitrogens with zero attached hydrogens (tertiary/aromatic N) is 1. The minimum absolute atomic E-state index is 0.286. The van der Waals surface area contributed by atoms with E-state index in [2.05, 4.69) is 12.2 Å². The molecule has 0 saturated carbocycles. The van der Waals surface area contributed by atoms with Crippen LogP contribution in [0.3, 0.4) is 0 Å². The number of amides is 1. The van der Waals surface area contributed by atoms with E-state index in [9.17, 15) is 18.0 Å². The first-order valence-electron chi connectivity index (χ1n) is 5.69. The van der Waals surface area contributed by atoms with Crippen molar-refractivity contribution in [3.63, 3.8) is 0 Å². The molecule has 1 heterocycles. The number of anilines is 1. The molecule has 0 aromatic heterocycles.